The number of hydrogen-bond donors (Lipinski definition) is 0. The minimum absolute atomic E-state index is 0.139. The smallest absolute Gasteiger partial charge is 0.0292 e. The lowest BCUT2D eigenvalue weighted by Gasteiger charge is -2.26. The molecule has 0 aliphatic heterocycles. The van der Waals surface area contributed by atoms with Gasteiger partial charge in [-0.05, 0) is 66.5 Å². The van der Waals surface area contributed by atoms with E-state index in [1.807, 2.05) is 0 Å². The van der Waals surface area contributed by atoms with Crippen LogP contribution in [0.5, 0.6) is 0 Å². The summed E-state index contributed by atoms with van der Waals surface area (Å²) in [6.07, 6.45) is 0. The molecule has 0 saturated carbocycles. The van der Waals surface area contributed by atoms with Crippen molar-refractivity contribution in [1.82, 2.24) is 0 Å². The number of rotatable bonds is 6. The SMILES string of the molecule is CC(C)(C)c1ccc(-c2c(CBr)c(CBr)c(-c3ccc(C(C)(C)C)cc3)c(CBr)c2CBr)cc1. The summed E-state index contributed by atoms with van der Waals surface area (Å²) in [7, 11) is 0. The molecule has 0 radical (unpaired) electrons. The van der Waals surface area contributed by atoms with Crippen molar-refractivity contribution in [2.24, 2.45) is 0 Å². The van der Waals surface area contributed by atoms with E-state index < -0.39 is 0 Å². The average molecular weight is 714 g/mol. The second-order valence-electron chi connectivity index (χ2n) is 10.9. The van der Waals surface area contributed by atoms with Crippen molar-refractivity contribution in [2.45, 2.75) is 73.7 Å². The Balaban J connectivity index is 2.32. The van der Waals surface area contributed by atoms with Gasteiger partial charge in [-0.2, -0.15) is 0 Å². The van der Waals surface area contributed by atoms with Gasteiger partial charge in [0.25, 0.3) is 0 Å². The molecule has 0 bridgehead atoms. The maximum Gasteiger partial charge on any atom is 0.0292 e. The summed E-state index contributed by atoms with van der Waals surface area (Å²) in [5, 5.41) is 3.22. The lowest BCUT2D eigenvalue weighted by atomic mass is 9.81. The maximum absolute atomic E-state index is 3.85. The van der Waals surface area contributed by atoms with Gasteiger partial charge in [-0.1, -0.05) is 154 Å². The Labute approximate surface area is 239 Å². The number of hydrogen-bond acceptors (Lipinski definition) is 0. The molecule has 0 saturated heterocycles. The third kappa shape index (κ3) is 5.76. The topological polar surface area (TPSA) is 0 Å². The molecule has 4 heteroatoms. The van der Waals surface area contributed by atoms with E-state index in [2.05, 4.69) is 154 Å². The normalized spacial score (nSPS) is 12.3. The van der Waals surface area contributed by atoms with Crippen LogP contribution in [0.25, 0.3) is 22.3 Å². The van der Waals surface area contributed by atoms with Crippen molar-refractivity contribution >= 4 is 63.7 Å². The molecule has 0 nitrogen and oxygen atoms in total. The zero-order chi connectivity index (χ0) is 25.3. The first-order chi connectivity index (χ1) is 16.0. The minimum Gasteiger partial charge on any atom is -0.0876 e. The second kappa shape index (κ2) is 11.3. The van der Waals surface area contributed by atoms with Gasteiger partial charge in [0.2, 0.25) is 0 Å². The highest BCUT2D eigenvalue weighted by molar-refractivity contribution is 9.09. The third-order valence-corrected chi connectivity index (χ3v) is 8.79. The van der Waals surface area contributed by atoms with E-state index in [9.17, 15) is 0 Å². The molecule has 0 atom stereocenters. The van der Waals surface area contributed by atoms with Crippen LogP contribution in [0.2, 0.25) is 0 Å². The predicted octanol–water partition coefficient (Wildman–Crippen LogP) is 11.2. The standard InChI is InChI=1S/C30H34Br4/c1-29(2,3)21-11-7-19(8-12-21)27-23(15-31)25(17-33)28(26(18-34)24(27)16-32)20-9-13-22(14-10-20)30(4,5)6/h7-14H,15-18H2,1-6H3. The summed E-state index contributed by atoms with van der Waals surface area (Å²) in [4.78, 5) is 0. The summed E-state index contributed by atoms with van der Waals surface area (Å²) in [5.41, 5.74) is 13.6. The first kappa shape index (κ1) is 28.2. The van der Waals surface area contributed by atoms with Crippen molar-refractivity contribution in [3.63, 3.8) is 0 Å². The number of alkyl halides is 4. The maximum atomic E-state index is 3.85. The van der Waals surface area contributed by atoms with Crippen LogP contribution in [-0.4, -0.2) is 0 Å². The van der Waals surface area contributed by atoms with Crippen LogP contribution in [0.15, 0.2) is 48.5 Å². The first-order valence-electron chi connectivity index (χ1n) is 11.6. The van der Waals surface area contributed by atoms with E-state index >= 15 is 0 Å². The predicted molar refractivity (Wildman–Crippen MR) is 165 cm³/mol. The molecule has 34 heavy (non-hydrogen) atoms. The lowest BCUT2D eigenvalue weighted by Crippen LogP contribution is -2.11. The van der Waals surface area contributed by atoms with Gasteiger partial charge < -0.3 is 0 Å². The van der Waals surface area contributed by atoms with E-state index in [1.54, 1.807) is 0 Å². The highest BCUT2D eigenvalue weighted by Gasteiger charge is 2.24. The van der Waals surface area contributed by atoms with Crippen LogP contribution in [-0.2, 0) is 32.2 Å². The molecule has 0 spiro atoms. The van der Waals surface area contributed by atoms with E-state index in [0.717, 1.165) is 21.3 Å². The fraction of sp³-hybridized carbons (Fsp3) is 0.400. The fourth-order valence-corrected chi connectivity index (χ4v) is 7.00. The van der Waals surface area contributed by atoms with E-state index in [0.29, 0.717) is 0 Å². The molecule has 0 unspecified atom stereocenters. The van der Waals surface area contributed by atoms with Gasteiger partial charge in [0.1, 0.15) is 0 Å². The largest absolute Gasteiger partial charge is 0.0876 e. The van der Waals surface area contributed by atoms with Crippen molar-refractivity contribution in [1.29, 1.82) is 0 Å². The summed E-state index contributed by atoms with van der Waals surface area (Å²) in [5.74, 6) is 0. The summed E-state index contributed by atoms with van der Waals surface area (Å²) in [6.45, 7) is 13.6. The summed E-state index contributed by atoms with van der Waals surface area (Å²) >= 11 is 15.4. The van der Waals surface area contributed by atoms with Crippen molar-refractivity contribution in [3.05, 3.63) is 81.9 Å². The zero-order valence-corrected chi connectivity index (χ0v) is 27.3. The molecular weight excluding hydrogens is 680 g/mol. The molecule has 0 N–H and O–H groups in total. The molecule has 0 amide bonds. The first-order valence-corrected chi connectivity index (χ1v) is 16.1. The molecule has 3 rings (SSSR count). The highest BCUT2D eigenvalue weighted by Crippen LogP contribution is 2.44. The van der Waals surface area contributed by atoms with Gasteiger partial charge in [0.15, 0.2) is 0 Å². The van der Waals surface area contributed by atoms with Gasteiger partial charge in [0, 0.05) is 21.3 Å². The molecule has 3 aromatic rings. The Kier molecular flexibility index (Phi) is 9.37. The Morgan fingerprint density at radius 3 is 0.853 bits per heavy atom. The second-order valence-corrected chi connectivity index (χ2v) is 13.1. The fourth-order valence-electron chi connectivity index (χ4n) is 4.53. The molecule has 3 aromatic carbocycles. The molecule has 0 fully saturated rings. The Hall–Kier alpha value is -0.420. The van der Waals surface area contributed by atoms with Gasteiger partial charge in [0.05, 0.1) is 0 Å². The van der Waals surface area contributed by atoms with Crippen LogP contribution in [0.4, 0.5) is 0 Å². The van der Waals surface area contributed by atoms with Crippen LogP contribution >= 0.6 is 63.7 Å². The average Bonchev–Trinajstić information content (AvgIpc) is 2.81. The lowest BCUT2D eigenvalue weighted by molar-refractivity contribution is 0.590. The molecule has 0 aromatic heterocycles. The number of halogens is 4. The summed E-state index contributed by atoms with van der Waals surface area (Å²) < 4.78 is 0. The minimum atomic E-state index is 0.139. The molecule has 182 valence electrons. The van der Waals surface area contributed by atoms with Gasteiger partial charge in [-0.3, -0.25) is 0 Å². The van der Waals surface area contributed by atoms with E-state index in [1.165, 1.54) is 55.6 Å². The van der Waals surface area contributed by atoms with Gasteiger partial charge in [-0.25, -0.2) is 0 Å². The van der Waals surface area contributed by atoms with Gasteiger partial charge in [-0.15, -0.1) is 0 Å². The Morgan fingerprint density at radius 1 is 0.441 bits per heavy atom. The third-order valence-electron chi connectivity index (χ3n) is 6.55. The van der Waals surface area contributed by atoms with E-state index in [4.69, 9.17) is 0 Å². The van der Waals surface area contributed by atoms with Crippen molar-refractivity contribution < 1.29 is 0 Å². The molecule has 0 heterocycles. The van der Waals surface area contributed by atoms with Crippen LogP contribution < -0.4 is 0 Å². The quantitative estimate of drug-likeness (QED) is 0.223. The molecule has 0 aliphatic carbocycles. The Morgan fingerprint density at radius 2 is 0.676 bits per heavy atom. The zero-order valence-electron chi connectivity index (χ0n) is 21.0. The van der Waals surface area contributed by atoms with E-state index in [-0.39, 0.29) is 10.8 Å². The Bertz CT molecular complexity index is 1000. The van der Waals surface area contributed by atoms with Crippen molar-refractivity contribution in [3.8, 4) is 22.3 Å². The highest BCUT2D eigenvalue weighted by atomic mass is 79.9. The van der Waals surface area contributed by atoms with Crippen LogP contribution in [0.3, 0.4) is 0 Å². The molecular formula is C30H34Br4. The van der Waals surface area contributed by atoms with Crippen LogP contribution in [0, 0.1) is 0 Å². The monoisotopic (exact) mass is 710 g/mol. The van der Waals surface area contributed by atoms with Crippen LogP contribution in [0.1, 0.15) is 74.9 Å². The number of benzene rings is 3. The summed E-state index contributed by atoms with van der Waals surface area (Å²) in [6, 6.07) is 18.3. The van der Waals surface area contributed by atoms with Gasteiger partial charge >= 0.3 is 0 Å². The molecule has 0 aliphatic rings. The van der Waals surface area contributed by atoms with Crippen molar-refractivity contribution in [2.75, 3.05) is 0 Å².